The van der Waals surface area contributed by atoms with Gasteiger partial charge in [-0.3, -0.25) is 0 Å². The molecular weight excluding hydrogens is 302 g/mol. The van der Waals surface area contributed by atoms with E-state index in [1.807, 2.05) is 0 Å². The van der Waals surface area contributed by atoms with Gasteiger partial charge in [-0.1, -0.05) is 6.92 Å². The molecular formula is C17H16F2N2O2. The first kappa shape index (κ1) is 14.4. The van der Waals surface area contributed by atoms with Crippen molar-refractivity contribution in [1.29, 1.82) is 0 Å². The summed E-state index contributed by atoms with van der Waals surface area (Å²) in [7, 11) is 0. The fourth-order valence-corrected chi connectivity index (χ4v) is 4.40. The summed E-state index contributed by atoms with van der Waals surface area (Å²) in [5, 5.41) is 13.7. The minimum Gasteiger partial charge on any atom is -0.476 e. The normalized spacial score (nSPS) is 24.9. The second-order valence-electron chi connectivity index (χ2n) is 6.50. The Bertz CT molecular complexity index is 830. The van der Waals surface area contributed by atoms with Crippen molar-refractivity contribution in [2.24, 2.45) is 0 Å². The van der Waals surface area contributed by atoms with Gasteiger partial charge in [-0.25, -0.2) is 18.3 Å². The Morgan fingerprint density at radius 2 is 2.26 bits per heavy atom. The van der Waals surface area contributed by atoms with Crippen molar-refractivity contribution >= 4 is 5.97 Å². The van der Waals surface area contributed by atoms with Crippen molar-refractivity contribution in [3.05, 3.63) is 46.8 Å². The summed E-state index contributed by atoms with van der Waals surface area (Å²) in [5.41, 5.74) is 1.50. The Morgan fingerprint density at radius 1 is 1.48 bits per heavy atom. The van der Waals surface area contributed by atoms with Gasteiger partial charge in [-0.15, -0.1) is 0 Å². The van der Waals surface area contributed by atoms with E-state index < -0.39 is 17.6 Å². The Labute approximate surface area is 131 Å². The maximum absolute atomic E-state index is 14.2. The summed E-state index contributed by atoms with van der Waals surface area (Å²) < 4.78 is 28.7. The average Bonchev–Trinajstić information content (AvgIpc) is 3.17. The number of rotatable bonds is 3. The molecule has 2 unspecified atom stereocenters. The molecule has 2 aliphatic carbocycles. The average molecular weight is 318 g/mol. The Balaban J connectivity index is 1.99. The molecule has 2 aromatic rings. The number of hydrogen-bond acceptors (Lipinski definition) is 2. The van der Waals surface area contributed by atoms with Crippen LogP contribution in [0.1, 0.15) is 60.3 Å². The molecule has 1 fully saturated rings. The fraction of sp³-hybridized carbons (Fsp3) is 0.412. The van der Waals surface area contributed by atoms with Gasteiger partial charge < -0.3 is 5.11 Å². The molecule has 0 amide bonds. The molecule has 4 nitrogen and oxygen atoms in total. The fourth-order valence-electron chi connectivity index (χ4n) is 4.40. The molecule has 2 bridgehead atoms. The molecule has 1 aromatic heterocycles. The molecule has 6 heteroatoms. The van der Waals surface area contributed by atoms with Crippen molar-refractivity contribution in [3.63, 3.8) is 0 Å². The monoisotopic (exact) mass is 318 g/mol. The molecule has 2 atom stereocenters. The smallest absolute Gasteiger partial charge is 0.356 e. The van der Waals surface area contributed by atoms with Gasteiger partial charge in [0.05, 0.1) is 5.69 Å². The summed E-state index contributed by atoms with van der Waals surface area (Å²) in [4.78, 5) is 11.6. The number of aromatic carboxylic acids is 1. The molecule has 0 radical (unpaired) electrons. The van der Waals surface area contributed by atoms with Crippen molar-refractivity contribution in [2.75, 3.05) is 0 Å². The quantitative estimate of drug-likeness (QED) is 0.937. The van der Waals surface area contributed by atoms with Crippen LogP contribution in [0, 0.1) is 11.6 Å². The Kier molecular flexibility index (Phi) is 2.89. The first-order valence-electron chi connectivity index (χ1n) is 7.79. The van der Waals surface area contributed by atoms with E-state index in [0.717, 1.165) is 49.1 Å². The lowest BCUT2D eigenvalue weighted by Crippen LogP contribution is -2.22. The number of hydrogen-bond donors (Lipinski definition) is 1. The van der Waals surface area contributed by atoms with Crippen LogP contribution in [0.15, 0.2) is 18.2 Å². The second-order valence-corrected chi connectivity index (χ2v) is 6.50. The lowest BCUT2D eigenvalue weighted by atomic mass is 9.78. The van der Waals surface area contributed by atoms with Crippen molar-refractivity contribution < 1.29 is 18.7 Å². The number of carboxylic acids is 1. The Morgan fingerprint density at radius 3 is 2.91 bits per heavy atom. The maximum atomic E-state index is 14.2. The van der Waals surface area contributed by atoms with Crippen LogP contribution in [0.2, 0.25) is 0 Å². The van der Waals surface area contributed by atoms with Gasteiger partial charge in [0.15, 0.2) is 11.5 Å². The molecule has 4 rings (SSSR count). The number of carboxylic acid groups (broad SMARTS) is 1. The molecule has 0 saturated heterocycles. The highest BCUT2D eigenvalue weighted by Crippen LogP contribution is 2.60. The zero-order chi connectivity index (χ0) is 16.4. The van der Waals surface area contributed by atoms with Crippen LogP contribution in [-0.2, 0) is 5.41 Å². The topological polar surface area (TPSA) is 55.1 Å². The van der Waals surface area contributed by atoms with Crippen molar-refractivity contribution in [3.8, 4) is 5.69 Å². The van der Waals surface area contributed by atoms with E-state index in [-0.39, 0.29) is 22.7 Å². The molecule has 1 saturated carbocycles. The maximum Gasteiger partial charge on any atom is 0.356 e. The molecule has 1 heterocycles. The number of halogens is 2. The van der Waals surface area contributed by atoms with Crippen LogP contribution < -0.4 is 0 Å². The van der Waals surface area contributed by atoms with E-state index in [4.69, 9.17) is 0 Å². The van der Waals surface area contributed by atoms with Crippen LogP contribution >= 0.6 is 0 Å². The zero-order valence-corrected chi connectivity index (χ0v) is 12.6. The van der Waals surface area contributed by atoms with E-state index in [2.05, 4.69) is 12.0 Å². The summed E-state index contributed by atoms with van der Waals surface area (Å²) in [5.74, 6) is -2.31. The van der Waals surface area contributed by atoms with Crippen LogP contribution in [0.4, 0.5) is 8.78 Å². The molecule has 23 heavy (non-hydrogen) atoms. The standard InChI is InChI=1S/C17H16F2N2O2/c1-2-17-6-5-9(8-17)15-13(17)14(16(22)23)20-21(15)12-4-3-10(18)7-11(12)19/h3-4,7,9H,2,5-6,8H2,1H3,(H,22,23). The van der Waals surface area contributed by atoms with Crippen molar-refractivity contribution in [1.82, 2.24) is 9.78 Å². The van der Waals surface area contributed by atoms with E-state index in [1.165, 1.54) is 10.7 Å². The van der Waals surface area contributed by atoms with Crippen molar-refractivity contribution in [2.45, 2.75) is 43.9 Å². The highest BCUT2D eigenvalue weighted by Gasteiger charge is 2.53. The largest absolute Gasteiger partial charge is 0.476 e. The SMILES string of the molecule is CCC12CCC(C1)c1c2c(C(=O)O)nn1-c1ccc(F)cc1F. The molecule has 120 valence electrons. The minimum absolute atomic E-state index is 0.00720. The van der Waals surface area contributed by atoms with Gasteiger partial charge in [0.25, 0.3) is 0 Å². The summed E-state index contributed by atoms with van der Waals surface area (Å²) >= 11 is 0. The summed E-state index contributed by atoms with van der Waals surface area (Å²) in [6.07, 6.45) is 3.63. The molecule has 2 aliphatic rings. The minimum atomic E-state index is -1.09. The van der Waals surface area contributed by atoms with Crippen LogP contribution in [0.25, 0.3) is 5.69 Å². The molecule has 1 N–H and O–H groups in total. The van der Waals surface area contributed by atoms with E-state index in [0.29, 0.717) is 0 Å². The predicted octanol–water partition coefficient (Wildman–Crippen LogP) is 3.78. The van der Waals surface area contributed by atoms with Crippen LogP contribution in [0.3, 0.4) is 0 Å². The van der Waals surface area contributed by atoms with Crippen LogP contribution in [0.5, 0.6) is 0 Å². The number of nitrogens with zero attached hydrogens (tertiary/aromatic N) is 2. The number of carbonyl (C=O) groups is 1. The lowest BCUT2D eigenvalue weighted by Gasteiger charge is -2.25. The van der Waals surface area contributed by atoms with Gasteiger partial charge in [0.2, 0.25) is 0 Å². The van der Waals surface area contributed by atoms with Gasteiger partial charge in [-0.05, 0) is 37.8 Å². The van der Waals surface area contributed by atoms with E-state index in [1.54, 1.807) is 0 Å². The molecule has 0 aliphatic heterocycles. The first-order valence-corrected chi connectivity index (χ1v) is 7.79. The first-order chi connectivity index (χ1) is 11.0. The van der Waals surface area contributed by atoms with Crippen LogP contribution in [-0.4, -0.2) is 20.9 Å². The summed E-state index contributed by atoms with van der Waals surface area (Å²) in [6, 6.07) is 3.27. The highest BCUT2D eigenvalue weighted by molar-refractivity contribution is 5.89. The lowest BCUT2D eigenvalue weighted by molar-refractivity contribution is 0.0686. The molecule has 1 aromatic carbocycles. The third-order valence-electron chi connectivity index (χ3n) is 5.46. The van der Waals surface area contributed by atoms with Gasteiger partial charge in [0.1, 0.15) is 11.5 Å². The zero-order valence-electron chi connectivity index (χ0n) is 12.6. The molecule has 0 spiro atoms. The van der Waals surface area contributed by atoms with Gasteiger partial charge >= 0.3 is 5.97 Å². The number of fused-ring (bicyclic) bond motifs is 5. The van der Waals surface area contributed by atoms with E-state index >= 15 is 0 Å². The second kappa shape index (κ2) is 4.63. The third kappa shape index (κ3) is 1.81. The van der Waals surface area contributed by atoms with E-state index in [9.17, 15) is 18.7 Å². The third-order valence-corrected chi connectivity index (χ3v) is 5.46. The van der Waals surface area contributed by atoms with Gasteiger partial charge in [-0.2, -0.15) is 5.10 Å². The Hall–Kier alpha value is -2.24. The number of benzene rings is 1. The highest BCUT2D eigenvalue weighted by atomic mass is 19.1. The summed E-state index contributed by atoms with van der Waals surface area (Å²) in [6.45, 7) is 2.05. The predicted molar refractivity (Wildman–Crippen MR) is 79.0 cm³/mol. The number of aromatic nitrogens is 2. The van der Waals surface area contributed by atoms with Gasteiger partial charge in [0, 0.05) is 23.0 Å².